The van der Waals surface area contributed by atoms with Crippen molar-refractivity contribution in [2.24, 2.45) is 0 Å². The molecule has 19 heavy (non-hydrogen) atoms. The van der Waals surface area contributed by atoms with Gasteiger partial charge in [0.15, 0.2) is 0 Å². The second kappa shape index (κ2) is 5.96. The van der Waals surface area contributed by atoms with Crippen LogP contribution >= 0.6 is 0 Å². The maximum Gasteiger partial charge on any atom is 0.328 e. The molecule has 0 fully saturated rings. The molecule has 0 amide bonds. The summed E-state index contributed by atoms with van der Waals surface area (Å²) in [5.74, 6) is -0.933. The fourth-order valence-electron chi connectivity index (χ4n) is 1.91. The molecule has 3 heteroatoms. The van der Waals surface area contributed by atoms with E-state index in [-0.39, 0.29) is 0 Å². The summed E-state index contributed by atoms with van der Waals surface area (Å²) in [5, 5.41) is 8.60. The molecule has 1 aromatic carbocycles. The minimum absolute atomic E-state index is 0.836. The van der Waals surface area contributed by atoms with Gasteiger partial charge in [-0.3, -0.25) is 4.98 Å². The molecule has 0 aliphatic rings. The van der Waals surface area contributed by atoms with Crippen LogP contribution in [0.3, 0.4) is 0 Å². The summed E-state index contributed by atoms with van der Waals surface area (Å²) in [5.41, 5.74) is 4.44. The van der Waals surface area contributed by atoms with Crippen LogP contribution in [-0.2, 0) is 11.2 Å². The van der Waals surface area contributed by atoms with Crippen LogP contribution in [0.25, 0.3) is 6.08 Å². The van der Waals surface area contributed by atoms with Gasteiger partial charge in [-0.05, 0) is 47.7 Å². The van der Waals surface area contributed by atoms with Gasteiger partial charge in [0.2, 0.25) is 0 Å². The van der Waals surface area contributed by atoms with Gasteiger partial charge in [0.05, 0.1) is 0 Å². The summed E-state index contributed by atoms with van der Waals surface area (Å²) in [7, 11) is 0. The quantitative estimate of drug-likeness (QED) is 0.852. The number of carbonyl (C=O) groups is 1. The van der Waals surface area contributed by atoms with Gasteiger partial charge in [-0.25, -0.2) is 4.79 Å². The van der Waals surface area contributed by atoms with Crippen LogP contribution in [0, 0.1) is 6.92 Å². The van der Waals surface area contributed by atoms with Crippen LogP contribution in [0.5, 0.6) is 0 Å². The van der Waals surface area contributed by atoms with Crippen molar-refractivity contribution in [1.29, 1.82) is 0 Å². The first-order chi connectivity index (χ1) is 9.15. The highest BCUT2D eigenvalue weighted by Crippen LogP contribution is 2.16. The summed E-state index contributed by atoms with van der Waals surface area (Å²) < 4.78 is 0. The number of carboxylic acids is 1. The normalized spacial score (nSPS) is 10.8. The average Bonchev–Trinajstić information content (AvgIpc) is 2.40. The first-order valence-electron chi connectivity index (χ1n) is 6.04. The van der Waals surface area contributed by atoms with Gasteiger partial charge in [-0.15, -0.1) is 0 Å². The molecule has 0 radical (unpaired) electrons. The third kappa shape index (κ3) is 3.78. The number of hydrogen-bond acceptors (Lipinski definition) is 2. The number of nitrogens with zero attached hydrogens (tertiary/aromatic N) is 1. The van der Waals surface area contributed by atoms with E-state index in [9.17, 15) is 4.79 Å². The molecule has 3 nitrogen and oxygen atoms in total. The Morgan fingerprint density at radius 2 is 2.21 bits per heavy atom. The van der Waals surface area contributed by atoms with Crippen molar-refractivity contribution in [2.75, 3.05) is 0 Å². The molecule has 1 N–H and O–H groups in total. The fourth-order valence-corrected chi connectivity index (χ4v) is 1.91. The standard InChI is InChI=1S/C16H15NO2/c1-12-9-13(5-7-16(18)19)4-6-15(12)10-14-3-2-8-17-11-14/h2-9,11H,10H2,1H3,(H,18,19). The molecule has 0 spiro atoms. The minimum atomic E-state index is -0.933. The van der Waals surface area contributed by atoms with Crippen molar-refractivity contribution < 1.29 is 9.90 Å². The van der Waals surface area contributed by atoms with Crippen molar-refractivity contribution >= 4 is 12.0 Å². The Morgan fingerprint density at radius 1 is 1.37 bits per heavy atom. The predicted octanol–water partition coefficient (Wildman–Crippen LogP) is 3.08. The van der Waals surface area contributed by atoms with E-state index in [1.165, 1.54) is 11.1 Å². The molecule has 2 rings (SSSR count). The number of carboxylic acid groups (broad SMARTS) is 1. The first-order valence-corrected chi connectivity index (χ1v) is 6.04. The van der Waals surface area contributed by atoms with Gasteiger partial charge in [0.1, 0.15) is 0 Å². The van der Waals surface area contributed by atoms with Gasteiger partial charge in [0.25, 0.3) is 0 Å². The van der Waals surface area contributed by atoms with E-state index < -0.39 is 5.97 Å². The lowest BCUT2D eigenvalue weighted by Gasteiger charge is -2.06. The third-order valence-corrected chi connectivity index (χ3v) is 2.90. The topological polar surface area (TPSA) is 50.2 Å². The largest absolute Gasteiger partial charge is 0.478 e. The summed E-state index contributed by atoms with van der Waals surface area (Å²) in [6.45, 7) is 2.03. The lowest BCUT2D eigenvalue weighted by Crippen LogP contribution is -1.93. The van der Waals surface area contributed by atoms with E-state index >= 15 is 0 Å². The monoisotopic (exact) mass is 253 g/mol. The molecule has 0 saturated carbocycles. The number of aromatic nitrogens is 1. The number of benzene rings is 1. The molecule has 0 aliphatic heterocycles. The van der Waals surface area contributed by atoms with Gasteiger partial charge < -0.3 is 5.11 Å². The molecule has 96 valence electrons. The lowest BCUT2D eigenvalue weighted by molar-refractivity contribution is -0.131. The molecule has 2 aromatic rings. The van der Waals surface area contributed by atoms with Gasteiger partial charge in [-0.2, -0.15) is 0 Å². The van der Waals surface area contributed by atoms with E-state index in [4.69, 9.17) is 5.11 Å². The Morgan fingerprint density at radius 3 is 2.84 bits per heavy atom. The summed E-state index contributed by atoms with van der Waals surface area (Å²) in [6.07, 6.45) is 7.20. The number of hydrogen-bond donors (Lipinski definition) is 1. The van der Waals surface area contributed by atoms with Gasteiger partial charge in [-0.1, -0.05) is 24.3 Å². The van der Waals surface area contributed by atoms with Crippen molar-refractivity contribution in [3.8, 4) is 0 Å². The Hall–Kier alpha value is -2.42. The zero-order valence-electron chi connectivity index (χ0n) is 10.7. The van der Waals surface area contributed by atoms with E-state index in [2.05, 4.69) is 4.98 Å². The Kier molecular flexibility index (Phi) is 4.08. The van der Waals surface area contributed by atoms with Crippen molar-refractivity contribution in [3.05, 3.63) is 71.1 Å². The Balaban J connectivity index is 2.18. The zero-order chi connectivity index (χ0) is 13.7. The van der Waals surface area contributed by atoms with Crippen LogP contribution in [0.15, 0.2) is 48.8 Å². The molecular formula is C16H15NO2. The molecule has 1 heterocycles. The smallest absolute Gasteiger partial charge is 0.328 e. The Labute approximate surface area is 112 Å². The van der Waals surface area contributed by atoms with E-state index in [1.807, 2.05) is 43.5 Å². The fraction of sp³-hybridized carbons (Fsp3) is 0.125. The highest BCUT2D eigenvalue weighted by atomic mass is 16.4. The van der Waals surface area contributed by atoms with E-state index in [0.29, 0.717) is 0 Å². The maximum absolute atomic E-state index is 10.5. The molecule has 1 aromatic heterocycles. The molecule has 0 bridgehead atoms. The number of aliphatic carboxylic acids is 1. The van der Waals surface area contributed by atoms with Crippen molar-refractivity contribution in [1.82, 2.24) is 4.98 Å². The number of rotatable bonds is 4. The third-order valence-electron chi connectivity index (χ3n) is 2.90. The van der Waals surface area contributed by atoms with Gasteiger partial charge in [0, 0.05) is 18.5 Å². The van der Waals surface area contributed by atoms with Crippen molar-refractivity contribution in [2.45, 2.75) is 13.3 Å². The average molecular weight is 253 g/mol. The van der Waals surface area contributed by atoms with Crippen LogP contribution in [0.2, 0.25) is 0 Å². The zero-order valence-corrected chi connectivity index (χ0v) is 10.7. The Bertz CT molecular complexity index is 603. The number of pyridine rings is 1. The van der Waals surface area contributed by atoms with Crippen LogP contribution in [0.1, 0.15) is 22.3 Å². The van der Waals surface area contributed by atoms with Gasteiger partial charge >= 0.3 is 5.97 Å². The first kappa shape index (κ1) is 13.0. The highest BCUT2D eigenvalue weighted by molar-refractivity contribution is 5.85. The summed E-state index contributed by atoms with van der Waals surface area (Å²) in [6, 6.07) is 9.92. The number of aryl methyl sites for hydroxylation is 1. The second-order valence-corrected chi connectivity index (χ2v) is 4.40. The van der Waals surface area contributed by atoms with Crippen molar-refractivity contribution in [3.63, 3.8) is 0 Å². The molecular weight excluding hydrogens is 238 g/mol. The molecule has 0 atom stereocenters. The SMILES string of the molecule is Cc1cc(C=CC(=O)O)ccc1Cc1cccnc1. The molecule has 0 aliphatic carbocycles. The second-order valence-electron chi connectivity index (χ2n) is 4.40. The molecule has 0 unspecified atom stereocenters. The minimum Gasteiger partial charge on any atom is -0.478 e. The lowest BCUT2D eigenvalue weighted by atomic mass is 9.99. The van der Waals surface area contributed by atoms with E-state index in [1.54, 1.807) is 12.3 Å². The van der Waals surface area contributed by atoms with Crippen LogP contribution < -0.4 is 0 Å². The summed E-state index contributed by atoms with van der Waals surface area (Å²) in [4.78, 5) is 14.6. The summed E-state index contributed by atoms with van der Waals surface area (Å²) >= 11 is 0. The molecule has 0 saturated heterocycles. The van der Waals surface area contributed by atoms with Crippen LogP contribution in [0.4, 0.5) is 0 Å². The van der Waals surface area contributed by atoms with Crippen LogP contribution in [-0.4, -0.2) is 16.1 Å². The highest BCUT2D eigenvalue weighted by Gasteiger charge is 2.01. The predicted molar refractivity (Wildman–Crippen MR) is 74.9 cm³/mol. The van der Waals surface area contributed by atoms with E-state index in [0.717, 1.165) is 23.6 Å². The maximum atomic E-state index is 10.5.